The SMILES string of the molecule is Cc1ccc(-n2ncc(C(=O)N3CCN(C(=O)c4ccc(F)cc4)CC3)c2C(F)(F)F)cc1. The number of carbonyl (C=O) groups is 2. The van der Waals surface area contributed by atoms with Gasteiger partial charge >= 0.3 is 6.18 Å². The maximum Gasteiger partial charge on any atom is 0.434 e. The number of benzene rings is 2. The van der Waals surface area contributed by atoms with Crippen LogP contribution in [0.5, 0.6) is 0 Å². The second-order valence-electron chi connectivity index (χ2n) is 7.74. The molecular weight excluding hydrogens is 440 g/mol. The third-order valence-corrected chi connectivity index (χ3v) is 5.49. The molecule has 1 saturated heterocycles. The van der Waals surface area contributed by atoms with E-state index in [4.69, 9.17) is 0 Å². The molecule has 0 bridgehead atoms. The summed E-state index contributed by atoms with van der Waals surface area (Å²) in [5.41, 5.74) is -0.303. The van der Waals surface area contributed by atoms with Crippen molar-refractivity contribution in [3.05, 3.63) is 82.9 Å². The Morgan fingerprint density at radius 1 is 0.848 bits per heavy atom. The van der Waals surface area contributed by atoms with E-state index in [1.165, 1.54) is 46.2 Å². The number of hydrogen-bond acceptors (Lipinski definition) is 3. The lowest BCUT2D eigenvalue weighted by atomic mass is 10.1. The van der Waals surface area contributed by atoms with Crippen molar-refractivity contribution >= 4 is 11.8 Å². The molecule has 33 heavy (non-hydrogen) atoms. The van der Waals surface area contributed by atoms with Crippen molar-refractivity contribution in [1.29, 1.82) is 0 Å². The Balaban J connectivity index is 1.52. The summed E-state index contributed by atoms with van der Waals surface area (Å²) in [6.07, 6.45) is -3.87. The van der Waals surface area contributed by atoms with E-state index in [0.29, 0.717) is 5.56 Å². The summed E-state index contributed by atoms with van der Waals surface area (Å²) in [7, 11) is 0. The van der Waals surface area contributed by atoms with Gasteiger partial charge in [0.15, 0.2) is 5.69 Å². The van der Waals surface area contributed by atoms with Gasteiger partial charge in [-0.25, -0.2) is 9.07 Å². The minimum atomic E-state index is -4.80. The number of piperazine rings is 1. The van der Waals surface area contributed by atoms with Crippen LogP contribution in [0.25, 0.3) is 5.69 Å². The predicted molar refractivity (Wildman–Crippen MR) is 112 cm³/mol. The van der Waals surface area contributed by atoms with E-state index < -0.39 is 29.2 Å². The Morgan fingerprint density at radius 3 is 1.94 bits per heavy atom. The van der Waals surface area contributed by atoms with Crippen LogP contribution in [-0.2, 0) is 6.18 Å². The van der Waals surface area contributed by atoms with Gasteiger partial charge in [-0.05, 0) is 43.3 Å². The maximum atomic E-state index is 13.9. The first-order valence-electron chi connectivity index (χ1n) is 10.2. The van der Waals surface area contributed by atoms with Gasteiger partial charge in [0, 0.05) is 31.7 Å². The Labute approximate surface area is 187 Å². The fourth-order valence-electron chi connectivity index (χ4n) is 3.72. The van der Waals surface area contributed by atoms with Crippen LogP contribution in [0.15, 0.2) is 54.7 Å². The zero-order valence-corrected chi connectivity index (χ0v) is 17.6. The molecular formula is C23H20F4N4O2. The molecule has 0 N–H and O–H groups in total. The summed E-state index contributed by atoms with van der Waals surface area (Å²) >= 11 is 0. The van der Waals surface area contributed by atoms with Gasteiger partial charge < -0.3 is 9.80 Å². The number of carbonyl (C=O) groups excluding carboxylic acids is 2. The molecule has 1 aromatic heterocycles. The van der Waals surface area contributed by atoms with E-state index in [9.17, 15) is 27.2 Å². The third kappa shape index (κ3) is 4.59. The smallest absolute Gasteiger partial charge is 0.335 e. The lowest BCUT2D eigenvalue weighted by Gasteiger charge is -2.34. The van der Waals surface area contributed by atoms with Crippen molar-refractivity contribution in [3.8, 4) is 5.69 Å². The first-order chi connectivity index (χ1) is 15.6. The summed E-state index contributed by atoms with van der Waals surface area (Å²) < 4.78 is 55.5. The van der Waals surface area contributed by atoms with Crippen LogP contribution in [0.4, 0.5) is 17.6 Å². The summed E-state index contributed by atoms with van der Waals surface area (Å²) in [5, 5.41) is 3.84. The van der Waals surface area contributed by atoms with E-state index in [1.807, 2.05) is 6.92 Å². The number of alkyl halides is 3. The summed E-state index contributed by atoms with van der Waals surface area (Å²) in [5.74, 6) is -1.59. The Bertz CT molecular complexity index is 1160. The molecule has 2 amide bonds. The third-order valence-electron chi connectivity index (χ3n) is 5.49. The molecule has 4 rings (SSSR count). The minimum Gasteiger partial charge on any atom is -0.335 e. The van der Waals surface area contributed by atoms with Gasteiger partial charge in [0.2, 0.25) is 0 Å². The van der Waals surface area contributed by atoms with Crippen molar-refractivity contribution in [1.82, 2.24) is 19.6 Å². The summed E-state index contributed by atoms with van der Waals surface area (Å²) in [6.45, 7) is 2.25. The minimum absolute atomic E-state index is 0.0682. The number of halogens is 4. The van der Waals surface area contributed by atoms with Gasteiger partial charge in [0.05, 0.1) is 17.4 Å². The van der Waals surface area contributed by atoms with Crippen LogP contribution < -0.4 is 0 Å². The van der Waals surface area contributed by atoms with E-state index in [1.54, 1.807) is 12.1 Å². The van der Waals surface area contributed by atoms with Gasteiger partial charge in [-0.2, -0.15) is 18.3 Å². The van der Waals surface area contributed by atoms with Crippen molar-refractivity contribution in [2.24, 2.45) is 0 Å². The fraction of sp³-hybridized carbons (Fsp3) is 0.261. The van der Waals surface area contributed by atoms with Gasteiger partial charge in [-0.3, -0.25) is 9.59 Å². The number of rotatable bonds is 3. The lowest BCUT2D eigenvalue weighted by molar-refractivity contribution is -0.143. The van der Waals surface area contributed by atoms with E-state index in [2.05, 4.69) is 5.10 Å². The summed E-state index contributed by atoms with van der Waals surface area (Å²) in [6, 6.07) is 11.4. The summed E-state index contributed by atoms with van der Waals surface area (Å²) in [4.78, 5) is 28.3. The van der Waals surface area contributed by atoms with E-state index in [-0.39, 0.29) is 37.8 Å². The van der Waals surface area contributed by atoms with Crippen molar-refractivity contribution in [2.45, 2.75) is 13.1 Å². The lowest BCUT2D eigenvalue weighted by Crippen LogP contribution is -2.50. The molecule has 1 aliphatic rings. The average molecular weight is 460 g/mol. The van der Waals surface area contributed by atoms with E-state index in [0.717, 1.165) is 16.4 Å². The number of aromatic nitrogens is 2. The Hall–Kier alpha value is -3.69. The van der Waals surface area contributed by atoms with Crippen molar-refractivity contribution < 1.29 is 27.2 Å². The molecule has 0 aliphatic carbocycles. The topological polar surface area (TPSA) is 58.4 Å². The van der Waals surface area contributed by atoms with Gasteiger partial charge in [-0.1, -0.05) is 17.7 Å². The molecule has 2 heterocycles. The first-order valence-corrected chi connectivity index (χ1v) is 10.2. The zero-order chi connectivity index (χ0) is 23.8. The second-order valence-corrected chi connectivity index (χ2v) is 7.74. The van der Waals surface area contributed by atoms with Crippen LogP contribution in [0.2, 0.25) is 0 Å². The average Bonchev–Trinajstić information content (AvgIpc) is 3.25. The second kappa shape index (κ2) is 8.68. The highest BCUT2D eigenvalue weighted by atomic mass is 19.4. The molecule has 2 aromatic carbocycles. The highest BCUT2D eigenvalue weighted by Crippen LogP contribution is 2.34. The molecule has 10 heteroatoms. The van der Waals surface area contributed by atoms with Gasteiger partial charge in [-0.15, -0.1) is 0 Å². The van der Waals surface area contributed by atoms with Crippen LogP contribution in [0.1, 0.15) is 32.0 Å². The molecule has 6 nitrogen and oxygen atoms in total. The molecule has 0 radical (unpaired) electrons. The molecule has 1 fully saturated rings. The molecule has 172 valence electrons. The normalized spacial score (nSPS) is 14.5. The standard InChI is InChI=1S/C23H20F4N4O2/c1-15-2-8-18(9-3-15)31-20(23(25,26)27)19(14-28-31)22(33)30-12-10-29(11-13-30)21(32)16-4-6-17(24)7-5-16/h2-9,14H,10-13H2,1H3. The van der Waals surface area contributed by atoms with Gasteiger partial charge in [0.25, 0.3) is 11.8 Å². The molecule has 0 spiro atoms. The van der Waals surface area contributed by atoms with Crippen molar-refractivity contribution in [3.63, 3.8) is 0 Å². The maximum absolute atomic E-state index is 13.9. The highest BCUT2D eigenvalue weighted by molar-refractivity contribution is 5.96. The molecule has 0 saturated carbocycles. The van der Waals surface area contributed by atoms with Crippen LogP contribution >= 0.6 is 0 Å². The number of hydrogen-bond donors (Lipinski definition) is 0. The largest absolute Gasteiger partial charge is 0.434 e. The van der Waals surface area contributed by atoms with Crippen LogP contribution in [0, 0.1) is 12.7 Å². The monoisotopic (exact) mass is 460 g/mol. The molecule has 0 unspecified atom stereocenters. The number of amides is 2. The van der Waals surface area contributed by atoms with Crippen molar-refractivity contribution in [2.75, 3.05) is 26.2 Å². The number of nitrogens with zero attached hydrogens (tertiary/aromatic N) is 4. The fourth-order valence-corrected chi connectivity index (χ4v) is 3.72. The van der Waals surface area contributed by atoms with E-state index >= 15 is 0 Å². The van der Waals surface area contributed by atoms with Gasteiger partial charge in [0.1, 0.15) is 5.82 Å². The van der Waals surface area contributed by atoms with Crippen LogP contribution in [0.3, 0.4) is 0 Å². The predicted octanol–water partition coefficient (Wildman–Crippen LogP) is 3.94. The quantitative estimate of drug-likeness (QED) is 0.557. The first kappa shape index (κ1) is 22.5. The molecule has 1 aliphatic heterocycles. The highest BCUT2D eigenvalue weighted by Gasteiger charge is 2.42. The molecule has 0 atom stereocenters. The van der Waals surface area contributed by atoms with Crippen LogP contribution in [-0.4, -0.2) is 57.6 Å². The number of aryl methyl sites for hydroxylation is 1. The molecule has 3 aromatic rings. The Kier molecular flexibility index (Phi) is 5.92. The Morgan fingerprint density at radius 2 is 1.39 bits per heavy atom. The zero-order valence-electron chi connectivity index (χ0n) is 17.6.